The molecule has 0 aromatic heterocycles. The van der Waals surface area contributed by atoms with Crippen LogP contribution in [0.25, 0.3) is 0 Å². The molecule has 0 aliphatic carbocycles. The van der Waals surface area contributed by atoms with Gasteiger partial charge in [-0.25, -0.2) is 4.39 Å². The average Bonchev–Trinajstić information content (AvgIpc) is 2.00. The van der Waals surface area contributed by atoms with Gasteiger partial charge in [0.15, 0.2) is 0 Å². The molecule has 76 valence electrons. The molecule has 0 radical (unpaired) electrons. The van der Waals surface area contributed by atoms with Gasteiger partial charge in [-0.05, 0) is 6.08 Å². The fourth-order valence-electron chi connectivity index (χ4n) is 0.360. The summed E-state index contributed by atoms with van der Waals surface area (Å²) in [5.74, 6) is -11.3. The first kappa shape index (κ1) is 12.0. The lowest BCUT2D eigenvalue weighted by atomic mass is 10.2. The summed E-state index contributed by atoms with van der Waals surface area (Å²) in [5.41, 5.74) is 0. The van der Waals surface area contributed by atoms with Crippen molar-refractivity contribution in [2.24, 2.45) is 0 Å². The molecule has 0 aromatic rings. The first-order valence-corrected chi connectivity index (χ1v) is 2.77. The SMILES string of the molecule is C=CC(F)(F)C(F)=C(F)C(F)(F)F. The van der Waals surface area contributed by atoms with Crippen molar-refractivity contribution in [1.29, 1.82) is 0 Å². The summed E-state index contributed by atoms with van der Waals surface area (Å²) in [7, 11) is 0. The van der Waals surface area contributed by atoms with Crippen LogP contribution in [-0.2, 0) is 0 Å². The molecule has 0 bridgehead atoms. The van der Waals surface area contributed by atoms with Gasteiger partial charge in [-0.3, -0.25) is 0 Å². The van der Waals surface area contributed by atoms with Crippen molar-refractivity contribution in [2.45, 2.75) is 12.1 Å². The van der Waals surface area contributed by atoms with Gasteiger partial charge >= 0.3 is 12.1 Å². The lowest BCUT2D eigenvalue weighted by Crippen LogP contribution is -2.19. The van der Waals surface area contributed by atoms with E-state index in [1.54, 1.807) is 0 Å². The molecule has 7 heteroatoms. The first-order chi connectivity index (χ1) is 5.63. The number of hydrogen-bond acceptors (Lipinski definition) is 0. The van der Waals surface area contributed by atoms with Gasteiger partial charge in [0.05, 0.1) is 0 Å². The third-order valence-corrected chi connectivity index (χ3v) is 0.991. The zero-order valence-corrected chi connectivity index (χ0v) is 5.93. The van der Waals surface area contributed by atoms with Gasteiger partial charge in [0, 0.05) is 0 Å². The van der Waals surface area contributed by atoms with Gasteiger partial charge in [-0.15, -0.1) is 0 Å². The second kappa shape index (κ2) is 3.39. The number of hydrogen-bond donors (Lipinski definition) is 0. The maximum atomic E-state index is 12.0. The highest BCUT2D eigenvalue weighted by Crippen LogP contribution is 2.37. The minimum absolute atomic E-state index is 0.423. The summed E-state index contributed by atoms with van der Waals surface area (Å²) in [6, 6.07) is 0. The van der Waals surface area contributed by atoms with Crippen LogP contribution >= 0.6 is 0 Å². The van der Waals surface area contributed by atoms with Crippen LogP contribution < -0.4 is 0 Å². The Hall–Kier alpha value is -1.01. The lowest BCUT2D eigenvalue weighted by molar-refractivity contribution is -0.115. The summed E-state index contributed by atoms with van der Waals surface area (Å²) < 4.78 is 81.9. The second-order valence-electron chi connectivity index (χ2n) is 1.95. The van der Waals surface area contributed by atoms with Crippen molar-refractivity contribution < 1.29 is 30.7 Å². The Kier molecular flexibility index (Phi) is 3.13. The molecule has 0 aromatic carbocycles. The monoisotopic (exact) mass is 208 g/mol. The van der Waals surface area contributed by atoms with Crippen molar-refractivity contribution in [3.63, 3.8) is 0 Å². The van der Waals surface area contributed by atoms with E-state index in [2.05, 4.69) is 6.58 Å². The highest BCUT2D eigenvalue weighted by Gasteiger charge is 2.45. The summed E-state index contributed by atoms with van der Waals surface area (Å²) >= 11 is 0. The van der Waals surface area contributed by atoms with E-state index in [0.29, 0.717) is 0 Å². The standard InChI is InChI=1S/C6H3F7/c1-2-5(9,10)3(7)4(8)6(11,12)13/h2H,1H2. The molecule has 13 heavy (non-hydrogen) atoms. The van der Waals surface area contributed by atoms with Crippen molar-refractivity contribution >= 4 is 0 Å². The van der Waals surface area contributed by atoms with Crippen LogP contribution in [0.4, 0.5) is 30.7 Å². The number of allylic oxidation sites excluding steroid dienone is 3. The largest absolute Gasteiger partial charge is 0.445 e. The van der Waals surface area contributed by atoms with Crippen molar-refractivity contribution in [1.82, 2.24) is 0 Å². The predicted octanol–water partition coefficient (Wildman–Crippen LogP) is 3.52. The summed E-state index contributed by atoms with van der Waals surface area (Å²) in [4.78, 5) is 0. The summed E-state index contributed by atoms with van der Waals surface area (Å²) in [5, 5.41) is 0. The molecule has 0 N–H and O–H groups in total. The Morgan fingerprint density at radius 2 is 1.31 bits per heavy atom. The maximum Gasteiger partial charge on any atom is 0.445 e. The third-order valence-electron chi connectivity index (χ3n) is 0.991. The molecule has 0 atom stereocenters. The Bertz CT molecular complexity index is 234. The van der Waals surface area contributed by atoms with E-state index < -0.39 is 29.8 Å². The Labute approximate surface area is 68.3 Å². The normalized spacial score (nSPS) is 15.3. The van der Waals surface area contributed by atoms with Gasteiger partial charge < -0.3 is 0 Å². The molecule has 0 nitrogen and oxygen atoms in total. The van der Waals surface area contributed by atoms with Crippen LogP contribution in [0.2, 0.25) is 0 Å². The van der Waals surface area contributed by atoms with Gasteiger partial charge in [0.1, 0.15) is 0 Å². The van der Waals surface area contributed by atoms with Gasteiger partial charge in [-0.2, -0.15) is 26.3 Å². The van der Waals surface area contributed by atoms with Gasteiger partial charge in [0.25, 0.3) is 0 Å². The fourth-order valence-corrected chi connectivity index (χ4v) is 0.360. The zero-order valence-electron chi connectivity index (χ0n) is 5.93. The molecule has 0 saturated carbocycles. The zero-order chi connectivity index (χ0) is 10.9. The van der Waals surface area contributed by atoms with Gasteiger partial charge in [0.2, 0.25) is 11.7 Å². The Balaban J connectivity index is 5.15. The average molecular weight is 208 g/mol. The molecule has 0 unspecified atom stereocenters. The molecular formula is C6H3F7. The number of rotatable bonds is 2. The van der Waals surface area contributed by atoms with Gasteiger partial charge in [-0.1, -0.05) is 6.58 Å². The van der Waals surface area contributed by atoms with E-state index in [-0.39, 0.29) is 0 Å². The molecule has 0 spiro atoms. The topological polar surface area (TPSA) is 0 Å². The van der Waals surface area contributed by atoms with Crippen LogP contribution in [0, 0.1) is 0 Å². The molecule has 0 aliphatic rings. The van der Waals surface area contributed by atoms with Crippen LogP contribution in [0.3, 0.4) is 0 Å². The highest BCUT2D eigenvalue weighted by atomic mass is 19.4. The van der Waals surface area contributed by atoms with E-state index in [1.165, 1.54) is 0 Å². The van der Waals surface area contributed by atoms with Crippen LogP contribution in [0.5, 0.6) is 0 Å². The summed E-state index contributed by atoms with van der Waals surface area (Å²) in [6.07, 6.45) is -6.18. The molecule has 0 fully saturated rings. The molecule has 0 saturated heterocycles. The molecular weight excluding hydrogens is 205 g/mol. The minimum atomic E-state index is -5.75. The molecule has 0 rings (SSSR count). The van der Waals surface area contributed by atoms with Crippen molar-refractivity contribution in [3.05, 3.63) is 24.3 Å². The Morgan fingerprint density at radius 1 is 0.923 bits per heavy atom. The van der Waals surface area contributed by atoms with Crippen LogP contribution in [0.15, 0.2) is 24.3 Å². The highest BCUT2D eigenvalue weighted by molar-refractivity contribution is 5.18. The quantitative estimate of drug-likeness (QED) is 0.481. The molecule has 0 heterocycles. The third kappa shape index (κ3) is 2.74. The van der Waals surface area contributed by atoms with E-state index in [1.807, 2.05) is 0 Å². The van der Waals surface area contributed by atoms with E-state index in [0.717, 1.165) is 0 Å². The summed E-state index contributed by atoms with van der Waals surface area (Å²) in [6.45, 7) is 2.36. The van der Waals surface area contributed by atoms with E-state index >= 15 is 0 Å². The van der Waals surface area contributed by atoms with E-state index in [4.69, 9.17) is 0 Å². The molecule has 0 aliphatic heterocycles. The van der Waals surface area contributed by atoms with Crippen LogP contribution in [0.1, 0.15) is 0 Å². The smallest absolute Gasteiger partial charge is 0.201 e. The van der Waals surface area contributed by atoms with Crippen molar-refractivity contribution in [3.8, 4) is 0 Å². The first-order valence-electron chi connectivity index (χ1n) is 2.77. The minimum Gasteiger partial charge on any atom is -0.201 e. The van der Waals surface area contributed by atoms with Crippen molar-refractivity contribution in [2.75, 3.05) is 0 Å². The lowest BCUT2D eigenvalue weighted by Gasteiger charge is -2.11. The Morgan fingerprint density at radius 3 is 1.54 bits per heavy atom. The second-order valence-corrected chi connectivity index (χ2v) is 1.95. The number of halogens is 7. The van der Waals surface area contributed by atoms with E-state index in [9.17, 15) is 30.7 Å². The molecule has 0 amide bonds. The predicted molar refractivity (Wildman–Crippen MR) is 30.4 cm³/mol. The maximum absolute atomic E-state index is 12.0. The van der Waals surface area contributed by atoms with Crippen LogP contribution in [-0.4, -0.2) is 12.1 Å². The fraction of sp³-hybridized carbons (Fsp3) is 0.333. The number of alkyl halides is 5.